The molecule has 22 heavy (non-hydrogen) atoms. The minimum absolute atomic E-state index is 0.632. The summed E-state index contributed by atoms with van der Waals surface area (Å²) in [5, 5.41) is 9.16. The molecule has 1 heterocycles. The Morgan fingerprint density at radius 2 is 1.68 bits per heavy atom. The monoisotopic (exact) mass is 294 g/mol. The Morgan fingerprint density at radius 3 is 2.36 bits per heavy atom. The van der Waals surface area contributed by atoms with Crippen molar-refractivity contribution in [3.63, 3.8) is 0 Å². The van der Waals surface area contributed by atoms with E-state index in [1.807, 2.05) is 0 Å². The lowest BCUT2D eigenvalue weighted by Crippen LogP contribution is -2.36. The third-order valence-corrected chi connectivity index (χ3v) is 5.92. The van der Waals surface area contributed by atoms with Gasteiger partial charge < -0.3 is 0 Å². The summed E-state index contributed by atoms with van der Waals surface area (Å²) in [7, 11) is 0. The first-order chi connectivity index (χ1) is 10.6. The summed E-state index contributed by atoms with van der Waals surface area (Å²) in [4.78, 5) is 0. The number of rotatable bonds is 3. The molecule has 1 aromatic carbocycles. The van der Waals surface area contributed by atoms with E-state index in [4.69, 9.17) is 0 Å². The highest BCUT2D eigenvalue weighted by Gasteiger charge is 2.51. The quantitative estimate of drug-likeness (QED) is 0.770. The fourth-order valence-corrected chi connectivity index (χ4v) is 5.09. The van der Waals surface area contributed by atoms with Crippen LogP contribution in [0.25, 0.3) is 0 Å². The van der Waals surface area contributed by atoms with Gasteiger partial charge >= 0.3 is 0 Å². The molecule has 116 valence electrons. The van der Waals surface area contributed by atoms with E-state index in [9.17, 15) is 0 Å². The van der Waals surface area contributed by atoms with Crippen LogP contribution in [0.15, 0.2) is 34.5 Å². The molecule has 0 aromatic heterocycles. The van der Waals surface area contributed by atoms with Gasteiger partial charge in [0.15, 0.2) is 0 Å². The molecule has 2 fully saturated rings. The molecule has 4 unspecified atom stereocenters. The van der Waals surface area contributed by atoms with Crippen LogP contribution in [0.1, 0.15) is 51.2 Å². The Balaban J connectivity index is 1.64. The Kier molecular flexibility index (Phi) is 3.43. The Hall–Kier alpha value is -1.44. The summed E-state index contributed by atoms with van der Waals surface area (Å²) in [6.45, 7) is 6.73. The van der Waals surface area contributed by atoms with Crippen molar-refractivity contribution in [2.24, 2.45) is 39.8 Å². The molecule has 2 saturated carbocycles. The second kappa shape index (κ2) is 5.33. The summed E-state index contributed by atoms with van der Waals surface area (Å²) >= 11 is 0. The summed E-state index contributed by atoms with van der Waals surface area (Å²) in [6.07, 6.45) is 5.34. The summed E-state index contributed by atoms with van der Waals surface area (Å²) in [6, 6.07) is 9.11. The van der Waals surface area contributed by atoms with Crippen LogP contribution < -0.4 is 0 Å². The third-order valence-electron chi connectivity index (χ3n) is 5.92. The lowest BCUT2D eigenvalue weighted by molar-refractivity contribution is 0.349. The highest BCUT2D eigenvalue weighted by atomic mass is 15.2. The molecule has 0 saturated heterocycles. The van der Waals surface area contributed by atoms with Gasteiger partial charge in [0.2, 0.25) is 0 Å². The zero-order valence-electron chi connectivity index (χ0n) is 13.9. The van der Waals surface area contributed by atoms with Crippen LogP contribution in [0.2, 0.25) is 0 Å². The van der Waals surface area contributed by atoms with Crippen LogP contribution in [0.3, 0.4) is 0 Å². The zero-order chi connectivity index (χ0) is 15.3. The van der Waals surface area contributed by atoms with Gasteiger partial charge in [0.05, 0.1) is 5.71 Å². The molecule has 0 spiro atoms. The number of benzene rings is 1. The molecular formula is C20H26N2. The maximum atomic E-state index is 4.64. The van der Waals surface area contributed by atoms with Gasteiger partial charge in [-0.1, -0.05) is 38.1 Å². The Bertz CT molecular complexity index is 624. The Labute approximate surface area is 133 Å². The van der Waals surface area contributed by atoms with E-state index in [-0.39, 0.29) is 0 Å². The smallest absolute Gasteiger partial charge is 0.0742 e. The topological polar surface area (TPSA) is 24.7 Å². The molecule has 2 bridgehead atoms. The van der Waals surface area contributed by atoms with Crippen molar-refractivity contribution in [3.8, 4) is 0 Å². The van der Waals surface area contributed by atoms with Gasteiger partial charge in [-0.05, 0) is 61.5 Å². The van der Waals surface area contributed by atoms with Crippen LogP contribution in [-0.2, 0) is 6.42 Å². The van der Waals surface area contributed by atoms with E-state index >= 15 is 0 Å². The van der Waals surface area contributed by atoms with Gasteiger partial charge in [-0.3, -0.25) is 0 Å². The number of fused-ring (bicyclic) bond motifs is 5. The lowest BCUT2D eigenvalue weighted by Gasteiger charge is -2.34. The first kappa shape index (κ1) is 14.2. The molecule has 4 atom stereocenters. The van der Waals surface area contributed by atoms with Gasteiger partial charge in [0.25, 0.3) is 0 Å². The largest absolute Gasteiger partial charge is 0.160 e. The molecule has 2 aliphatic carbocycles. The number of hydrogen-bond acceptors (Lipinski definition) is 2. The minimum atomic E-state index is 0.632. The predicted octanol–water partition coefficient (Wildman–Crippen LogP) is 4.73. The van der Waals surface area contributed by atoms with Crippen LogP contribution in [-0.4, -0.2) is 11.4 Å². The van der Waals surface area contributed by atoms with Crippen LogP contribution in [0, 0.1) is 29.6 Å². The van der Waals surface area contributed by atoms with Gasteiger partial charge in [-0.2, -0.15) is 10.2 Å². The van der Waals surface area contributed by atoms with E-state index in [2.05, 4.69) is 55.2 Å². The lowest BCUT2D eigenvalue weighted by atomic mass is 9.72. The van der Waals surface area contributed by atoms with Crippen molar-refractivity contribution in [2.45, 2.75) is 46.5 Å². The molecular weight excluding hydrogens is 268 g/mol. The SMILES string of the molecule is CC1=NN=C(c2ccc(CC(C)C)cc2)C2C3CCC(C3)C12. The fourth-order valence-electron chi connectivity index (χ4n) is 5.09. The molecule has 1 aliphatic heterocycles. The van der Waals surface area contributed by atoms with Gasteiger partial charge in [-0.25, -0.2) is 0 Å². The van der Waals surface area contributed by atoms with Crippen LogP contribution in [0.5, 0.6) is 0 Å². The molecule has 0 N–H and O–H groups in total. The molecule has 2 heteroatoms. The molecule has 2 nitrogen and oxygen atoms in total. The van der Waals surface area contributed by atoms with Crippen molar-refractivity contribution in [1.82, 2.24) is 0 Å². The molecule has 0 amide bonds. The highest BCUT2D eigenvalue weighted by molar-refractivity contribution is 6.07. The van der Waals surface area contributed by atoms with E-state index in [0.717, 1.165) is 18.3 Å². The van der Waals surface area contributed by atoms with Crippen molar-refractivity contribution >= 4 is 11.4 Å². The second-order valence-electron chi connectivity index (χ2n) is 7.91. The summed E-state index contributed by atoms with van der Waals surface area (Å²) < 4.78 is 0. The maximum absolute atomic E-state index is 4.64. The van der Waals surface area contributed by atoms with E-state index < -0.39 is 0 Å². The Morgan fingerprint density at radius 1 is 1.00 bits per heavy atom. The first-order valence-electron chi connectivity index (χ1n) is 8.85. The number of hydrogen-bond donors (Lipinski definition) is 0. The maximum Gasteiger partial charge on any atom is 0.0742 e. The standard InChI is InChI=1S/C20H26N2/c1-12(2)10-14-4-6-15(7-5-14)20-19-17-9-8-16(11-17)18(19)13(3)21-22-20/h4-7,12,16-19H,8-11H2,1-3H3. The van der Waals surface area contributed by atoms with Crippen molar-refractivity contribution < 1.29 is 0 Å². The molecule has 1 aromatic rings. The predicted molar refractivity (Wildman–Crippen MR) is 92.4 cm³/mol. The average molecular weight is 294 g/mol. The van der Waals surface area contributed by atoms with Crippen LogP contribution >= 0.6 is 0 Å². The number of nitrogens with zero attached hydrogens (tertiary/aromatic N) is 2. The first-order valence-corrected chi connectivity index (χ1v) is 8.85. The molecule has 0 radical (unpaired) electrons. The normalized spacial score (nSPS) is 32.9. The second-order valence-corrected chi connectivity index (χ2v) is 7.91. The van der Waals surface area contributed by atoms with E-state index in [1.165, 1.54) is 41.8 Å². The van der Waals surface area contributed by atoms with Gasteiger partial charge in [0, 0.05) is 17.5 Å². The summed E-state index contributed by atoms with van der Waals surface area (Å²) in [5.41, 5.74) is 5.27. The van der Waals surface area contributed by atoms with E-state index in [0.29, 0.717) is 17.8 Å². The molecule has 3 aliphatic rings. The highest BCUT2D eigenvalue weighted by Crippen LogP contribution is 2.54. The van der Waals surface area contributed by atoms with E-state index in [1.54, 1.807) is 0 Å². The minimum Gasteiger partial charge on any atom is -0.160 e. The van der Waals surface area contributed by atoms with Crippen molar-refractivity contribution in [3.05, 3.63) is 35.4 Å². The average Bonchev–Trinajstić information content (AvgIpc) is 3.10. The fraction of sp³-hybridized carbons (Fsp3) is 0.600. The van der Waals surface area contributed by atoms with Crippen molar-refractivity contribution in [1.29, 1.82) is 0 Å². The zero-order valence-corrected chi connectivity index (χ0v) is 13.9. The third kappa shape index (κ3) is 2.24. The van der Waals surface area contributed by atoms with Crippen LogP contribution in [0.4, 0.5) is 0 Å². The summed E-state index contributed by atoms with van der Waals surface area (Å²) in [5.74, 6) is 3.72. The molecule has 4 rings (SSSR count). The van der Waals surface area contributed by atoms with Crippen molar-refractivity contribution in [2.75, 3.05) is 0 Å². The van der Waals surface area contributed by atoms with Gasteiger partial charge in [0.1, 0.15) is 0 Å². The van der Waals surface area contributed by atoms with Gasteiger partial charge in [-0.15, -0.1) is 0 Å².